The second-order valence-corrected chi connectivity index (χ2v) is 7.24. The Labute approximate surface area is 151 Å². The zero-order valence-corrected chi connectivity index (χ0v) is 14.9. The van der Waals surface area contributed by atoms with Gasteiger partial charge in [-0.3, -0.25) is 4.79 Å². The summed E-state index contributed by atoms with van der Waals surface area (Å²) in [7, 11) is 2.12. The molecule has 2 aliphatic rings. The van der Waals surface area contributed by atoms with Crippen molar-refractivity contribution < 1.29 is 9.90 Å². The van der Waals surface area contributed by atoms with E-state index in [9.17, 15) is 9.90 Å². The van der Waals surface area contributed by atoms with Gasteiger partial charge in [-0.2, -0.15) is 0 Å². The normalized spacial score (nSPS) is 19.4. The first-order valence-corrected chi connectivity index (χ1v) is 8.66. The van der Waals surface area contributed by atoms with Gasteiger partial charge >= 0.3 is 0 Å². The van der Waals surface area contributed by atoms with Crippen LogP contribution in [0.1, 0.15) is 24.0 Å². The van der Waals surface area contributed by atoms with E-state index in [0.29, 0.717) is 27.8 Å². The maximum Gasteiger partial charge on any atom is 0.259 e. The summed E-state index contributed by atoms with van der Waals surface area (Å²) in [5.41, 5.74) is 4.82. The van der Waals surface area contributed by atoms with Gasteiger partial charge in [0.15, 0.2) is 0 Å². The maximum atomic E-state index is 12.0. The Balaban J connectivity index is 1.72. The molecule has 1 saturated heterocycles. The SMILES string of the molecule is C/C(O)=C1\C(=O)Nc2cc(Cl)c(-c3ccc(C4CN(C)C4)cc3)cc21. The molecule has 2 heterocycles. The number of nitrogens with one attached hydrogen (secondary N) is 1. The number of anilines is 1. The Morgan fingerprint density at radius 1 is 1.20 bits per heavy atom. The molecule has 0 radical (unpaired) electrons. The Morgan fingerprint density at radius 2 is 1.88 bits per heavy atom. The van der Waals surface area contributed by atoms with Gasteiger partial charge in [0.05, 0.1) is 16.3 Å². The summed E-state index contributed by atoms with van der Waals surface area (Å²) >= 11 is 6.44. The highest BCUT2D eigenvalue weighted by Gasteiger charge is 2.28. The van der Waals surface area contributed by atoms with Crippen LogP contribution in [0.3, 0.4) is 0 Å². The molecule has 0 aromatic heterocycles. The molecule has 2 N–H and O–H groups in total. The lowest BCUT2D eigenvalue weighted by Gasteiger charge is -2.36. The number of carbonyl (C=O) groups excluding carboxylic acids is 1. The van der Waals surface area contributed by atoms with Crippen molar-refractivity contribution in [2.45, 2.75) is 12.8 Å². The van der Waals surface area contributed by atoms with E-state index < -0.39 is 0 Å². The molecule has 0 spiro atoms. The lowest BCUT2D eigenvalue weighted by atomic mass is 9.90. The summed E-state index contributed by atoms with van der Waals surface area (Å²) in [5, 5.41) is 13.2. The van der Waals surface area contributed by atoms with E-state index in [2.05, 4.69) is 41.5 Å². The van der Waals surface area contributed by atoms with Gasteiger partial charge in [0.2, 0.25) is 0 Å². The number of likely N-dealkylation sites (N-methyl/N-ethyl adjacent to an activating group) is 1. The minimum Gasteiger partial charge on any atom is -0.512 e. The molecule has 4 rings (SSSR count). The average molecular weight is 355 g/mol. The van der Waals surface area contributed by atoms with Crippen LogP contribution in [0.25, 0.3) is 16.7 Å². The van der Waals surface area contributed by atoms with Crippen molar-refractivity contribution in [3.8, 4) is 11.1 Å². The number of likely N-dealkylation sites (tertiary alicyclic amines) is 1. The summed E-state index contributed by atoms with van der Waals surface area (Å²) in [6.45, 7) is 3.70. The van der Waals surface area contributed by atoms with Crippen LogP contribution >= 0.6 is 11.6 Å². The zero-order valence-electron chi connectivity index (χ0n) is 14.1. The van der Waals surface area contributed by atoms with Gasteiger partial charge in [-0.15, -0.1) is 0 Å². The maximum absolute atomic E-state index is 12.0. The molecule has 25 heavy (non-hydrogen) atoms. The van der Waals surface area contributed by atoms with Crippen molar-refractivity contribution in [3.05, 3.63) is 58.3 Å². The number of fused-ring (bicyclic) bond motifs is 1. The number of hydrogen-bond acceptors (Lipinski definition) is 3. The molecule has 0 unspecified atom stereocenters. The van der Waals surface area contributed by atoms with E-state index in [4.69, 9.17) is 11.6 Å². The first-order chi connectivity index (χ1) is 11.9. The Kier molecular flexibility index (Phi) is 3.82. The predicted octanol–water partition coefficient (Wildman–Crippen LogP) is 4.28. The number of aliphatic hydroxyl groups is 1. The van der Waals surface area contributed by atoms with Crippen molar-refractivity contribution in [1.82, 2.24) is 4.90 Å². The van der Waals surface area contributed by atoms with Crippen LogP contribution in [0, 0.1) is 0 Å². The Hall–Kier alpha value is -2.30. The van der Waals surface area contributed by atoms with Crippen LogP contribution in [0.2, 0.25) is 5.02 Å². The third kappa shape index (κ3) is 2.71. The number of benzene rings is 2. The monoisotopic (exact) mass is 354 g/mol. The van der Waals surface area contributed by atoms with E-state index in [1.807, 2.05) is 6.07 Å². The molecule has 2 aliphatic heterocycles. The lowest BCUT2D eigenvalue weighted by molar-refractivity contribution is -0.110. The fraction of sp³-hybridized carbons (Fsp3) is 0.250. The molecule has 0 aliphatic carbocycles. The summed E-state index contributed by atoms with van der Waals surface area (Å²) in [4.78, 5) is 14.3. The van der Waals surface area contributed by atoms with Gasteiger partial charge < -0.3 is 15.3 Å². The molecule has 128 valence electrons. The molecule has 0 saturated carbocycles. The highest BCUT2D eigenvalue weighted by atomic mass is 35.5. The molecule has 0 atom stereocenters. The number of amides is 1. The molecule has 2 aromatic carbocycles. The fourth-order valence-electron chi connectivity index (χ4n) is 3.62. The molecule has 1 fully saturated rings. The summed E-state index contributed by atoms with van der Waals surface area (Å²) < 4.78 is 0. The minimum atomic E-state index is -0.298. The van der Waals surface area contributed by atoms with Crippen molar-refractivity contribution in [2.75, 3.05) is 25.5 Å². The first-order valence-electron chi connectivity index (χ1n) is 8.28. The minimum absolute atomic E-state index is 0.00831. The highest BCUT2D eigenvalue weighted by molar-refractivity contribution is 6.36. The van der Waals surface area contributed by atoms with Crippen molar-refractivity contribution in [1.29, 1.82) is 0 Å². The van der Waals surface area contributed by atoms with Gasteiger partial charge in [-0.25, -0.2) is 0 Å². The van der Waals surface area contributed by atoms with Crippen LogP contribution in [-0.2, 0) is 4.79 Å². The van der Waals surface area contributed by atoms with Crippen LogP contribution in [0.15, 0.2) is 42.2 Å². The smallest absolute Gasteiger partial charge is 0.259 e. The van der Waals surface area contributed by atoms with Crippen molar-refractivity contribution >= 4 is 28.8 Å². The number of allylic oxidation sites excluding steroid dienone is 1. The fourth-order valence-corrected chi connectivity index (χ4v) is 3.89. The van der Waals surface area contributed by atoms with Crippen molar-refractivity contribution in [2.24, 2.45) is 0 Å². The largest absolute Gasteiger partial charge is 0.512 e. The van der Waals surface area contributed by atoms with E-state index in [1.54, 1.807) is 6.07 Å². The Morgan fingerprint density at radius 3 is 2.48 bits per heavy atom. The summed E-state index contributed by atoms with van der Waals surface area (Å²) in [6.07, 6.45) is 0. The third-order valence-corrected chi connectivity index (χ3v) is 5.28. The number of nitrogens with zero attached hydrogens (tertiary/aromatic N) is 1. The van der Waals surface area contributed by atoms with E-state index in [1.165, 1.54) is 12.5 Å². The number of halogens is 1. The quantitative estimate of drug-likeness (QED) is 0.625. The van der Waals surface area contributed by atoms with Gasteiger partial charge in [-0.05, 0) is 37.2 Å². The summed E-state index contributed by atoms with van der Waals surface area (Å²) in [5.74, 6) is 0.310. The highest BCUT2D eigenvalue weighted by Crippen LogP contribution is 2.40. The van der Waals surface area contributed by atoms with Gasteiger partial charge in [0.25, 0.3) is 5.91 Å². The lowest BCUT2D eigenvalue weighted by Crippen LogP contribution is -2.41. The topological polar surface area (TPSA) is 52.6 Å². The van der Waals surface area contributed by atoms with Crippen LogP contribution in [-0.4, -0.2) is 36.1 Å². The first kappa shape index (κ1) is 16.2. The van der Waals surface area contributed by atoms with Crippen LogP contribution < -0.4 is 5.32 Å². The second kappa shape index (κ2) is 5.90. The van der Waals surface area contributed by atoms with Gasteiger partial charge in [0, 0.05) is 30.1 Å². The number of rotatable bonds is 2. The van der Waals surface area contributed by atoms with E-state index in [-0.39, 0.29) is 11.7 Å². The molecule has 4 nitrogen and oxygen atoms in total. The zero-order chi connectivity index (χ0) is 17.7. The Bertz CT molecular complexity index is 893. The average Bonchev–Trinajstić information content (AvgIpc) is 2.86. The van der Waals surface area contributed by atoms with Crippen molar-refractivity contribution in [3.63, 3.8) is 0 Å². The number of hydrogen-bond donors (Lipinski definition) is 2. The second-order valence-electron chi connectivity index (χ2n) is 6.83. The third-order valence-electron chi connectivity index (χ3n) is 4.97. The molecular weight excluding hydrogens is 336 g/mol. The van der Waals surface area contributed by atoms with E-state index in [0.717, 1.165) is 24.2 Å². The summed E-state index contributed by atoms with van der Waals surface area (Å²) in [6, 6.07) is 12.1. The molecule has 5 heteroatoms. The van der Waals surface area contributed by atoms with Gasteiger partial charge in [-0.1, -0.05) is 35.9 Å². The van der Waals surface area contributed by atoms with E-state index >= 15 is 0 Å². The van der Waals surface area contributed by atoms with Gasteiger partial charge in [0.1, 0.15) is 5.76 Å². The van der Waals surface area contributed by atoms with Crippen LogP contribution in [0.5, 0.6) is 0 Å². The molecule has 1 amide bonds. The predicted molar refractivity (Wildman–Crippen MR) is 101 cm³/mol. The standard InChI is InChI=1S/C20H19ClN2O2/c1-11(24)19-16-7-15(17(21)8-18(16)22-20(19)25)13-5-3-12(4-6-13)14-9-23(2)10-14/h3-8,14,24H,9-10H2,1-2H3,(H,22,25)/b19-11+. The number of carbonyl (C=O) groups is 1. The molecular formula is C20H19ClN2O2. The number of aliphatic hydroxyl groups excluding tert-OH is 1. The molecule has 2 aromatic rings. The van der Waals surface area contributed by atoms with Crippen LogP contribution in [0.4, 0.5) is 5.69 Å². The molecule has 0 bridgehead atoms.